The van der Waals surface area contributed by atoms with E-state index in [4.69, 9.17) is 9.47 Å². The van der Waals surface area contributed by atoms with E-state index in [2.05, 4.69) is 12.1 Å². The van der Waals surface area contributed by atoms with Crippen LogP contribution >= 0.6 is 0 Å². The van der Waals surface area contributed by atoms with Crippen molar-refractivity contribution in [2.75, 3.05) is 13.2 Å². The first-order chi connectivity index (χ1) is 14.5. The van der Waals surface area contributed by atoms with Crippen molar-refractivity contribution in [3.8, 4) is 0 Å². The molecule has 4 unspecified atom stereocenters. The van der Waals surface area contributed by atoms with Crippen molar-refractivity contribution in [3.05, 3.63) is 17.1 Å². The molecular formula is C24H47NO5. The topological polar surface area (TPSA) is 88.3 Å². The van der Waals surface area contributed by atoms with Crippen LogP contribution in [-0.4, -0.2) is 48.0 Å². The van der Waals surface area contributed by atoms with E-state index in [0.29, 0.717) is 6.42 Å². The summed E-state index contributed by atoms with van der Waals surface area (Å²) in [6.07, 6.45) is 18.2. The van der Waals surface area contributed by atoms with Gasteiger partial charge in [-0.2, -0.15) is 4.91 Å². The van der Waals surface area contributed by atoms with Crippen molar-refractivity contribution in [3.63, 3.8) is 0 Å². The predicted octanol–water partition coefficient (Wildman–Crippen LogP) is 5.89. The highest BCUT2D eigenvalue weighted by Crippen LogP contribution is 2.12. The number of aliphatic hydroxyl groups excluding tert-OH is 2. The van der Waals surface area contributed by atoms with Gasteiger partial charge in [-0.25, -0.2) is 0 Å². The van der Waals surface area contributed by atoms with Crippen molar-refractivity contribution >= 4 is 0 Å². The maximum atomic E-state index is 10.5. The molecule has 0 aromatic heterocycles. The highest BCUT2D eigenvalue weighted by molar-refractivity contribution is 4.88. The van der Waals surface area contributed by atoms with E-state index in [1.54, 1.807) is 13.8 Å². The highest BCUT2D eigenvalue weighted by atomic mass is 16.7. The lowest BCUT2D eigenvalue weighted by atomic mass is 10.1. The van der Waals surface area contributed by atoms with Crippen LogP contribution in [0.25, 0.3) is 0 Å². The van der Waals surface area contributed by atoms with Crippen molar-refractivity contribution < 1.29 is 19.7 Å². The second kappa shape index (κ2) is 21.4. The van der Waals surface area contributed by atoms with Crippen molar-refractivity contribution in [2.45, 2.75) is 129 Å². The fourth-order valence-electron chi connectivity index (χ4n) is 3.17. The summed E-state index contributed by atoms with van der Waals surface area (Å²) >= 11 is 0. The van der Waals surface area contributed by atoms with Crippen LogP contribution in [0, 0.1) is 4.91 Å². The Bertz CT molecular complexity index is 405. The van der Waals surface area contributed by atoms with Crippen LogP contribution in [0.3, 0.4) is 0 Å². The molecule has 0 aromatic carbocycles. The first kappa shape index (κ1) is 29.2. The molecule has 0 amide bonds. The van der Waals surface area contributed by atoms with Gasteiger partial charge in [-0.1, -0.05) is 88.5 Å². The number of hydrogen-bond donors (Lipinski definition) is 2. The number of rotatable bonds is 22. The van der Waals surface area contributed by atoms with Crippen molar-refractivity contribution in [2.24, 2.45) is 5.18 Å². The smallest absolute Gasteiger partial charge is 0.180 e. The minimum Gasteiger partial charge on any atom is -0.391 e. The van der Waals surface area contributed by atoms with Crippen LogP contribution in [0.15, 0.2) is 17.3 Å². The number of unbranched alkanes of at least 4 members (excludes halogenated alkanes) is 11. The number of nitroso groups, excluding NO2 is 1. The van der Waals surface area contributed by atoms with Crippen molar-refractivity contribution in [1.29, 1.82) is 0 Å². The molecular weight excluding hydrogens is 382 g/mol. The largest absolute Gasteiger partial charge is 0.391 e. The van der Waals surface area contributed by atoms with Gasteiger partial charge in [0.25, 0.3) is 0 Å². The lowest BCUT2D eigenvalue weighted by molar-refractivity contribution is -0.189. The van der Waals surface area contributed by atoms with Gasteiger partial charge in [-0.15, -0.1) is 0 Å². The SMILES string of the molecule is CCCCCCCCCCCCC/C=C/C(O)CCOC(CO)OC(C)C(C)N=O. The Labute approximate surface area is 184 Å². The van der Waals surface area contributed by atoms with E-state index in [9.17, 15) is 15.1 Å². The lowest BCUT2D eigenvalue weighted by Crippen LogP contribution is -2.32. The fraction of sp³-hybridized carbons (Fsp3) is 0.917. The standard InChI is InChI=1S/C24H47NO5/c1-4-5-6-7-8-9-10-11-12-13-14-15-16-17-23(27)18-19-29-24(20-26)30-22(3)21(2)25-28/h16-17,21-24,26-27H,4-15,18-20H2,1-3H3/b17-16+. The molecule has 6 nitrogen and oxygen atoms in total. The Hall–Kier alpha value is -0.820. The third-order valence-electron chi connectivity index (χ3n) is 5.41. The van der Waals surface area contributed by atoms with Gasteiger partial charge in [0.2, 0.25) is 0 Å². The van der Waals surface area contributed by atoms with Gasteiger partial charge in [0.05, 0.1) is 25.4 Å². The molecule has 0 aliphatic rings. The molecule has 4 atom stereocenters. The van der Waals surface area contributed by atoms with Gasteiger partial charge in [0.15, 0.2) is 6.29 Å². The van der Waals surface area contributed by atoms with Gasteiger partial charge in [0.1, 0.15) is 6.04 Å². The van der Waals surface area contributed by atoms with Crippen LogP contribution in [0.1, 0.15) is 104 Å². The molecule has 0 rings (SSSR count). The Balaban J connectivity index is 3.60. The number of hydrogen-bond acceptors (Lipinski definition) is 6. The van der Waals surface area contributed by atoms with Crippen LogP contribution in [0.2, 0.25) is 0 Å². The van der Waals surface area contributed by atoms with E-state index in [1.165, 1.54) is 64.2 Å². The lowest BCUT2D eigenvalue weighted by Gasteiger charge is -2.22. The van der Waals surface area contributed by atoms with E-state index >= 15 is 0 Å². The Morgan fingerprint density at radius 3 is 2.03 bits per heavy atom. The summed E-state index contributed by atoms with van der Waals surface area (Å²) in [7, 11) is 0. The first-order valence-electron chi connectivity index (χ1n) is 12.1. The van der Waals surface area contributed by atoms with Gasteiger partial charge >= 0.3 is 0 Å². The summed E-state index contributed by atoms with van der Waals surface area (Å²) in [5.74, 6) is 0. The van der Waals surface area contributed by atoms with Gasteiger partial charge in [-0.05, 0) is 26.7 Å². The second-order valence-corrected chi connectivity index (χ2v) is 8.28. The van der Waals surface area contributed by atoms with Crippen LogP contribution in [-0.2, 0) is 9.47 Å². The molecule has 0 aliphatic carbocycles. The Kier molecular flexibility index (Phi) is 20.8. The quantitative estimate of drug-likeness (QED) is 0.0969. The normalized spacial score (nSPS) is 15.9. The van der Waals surface area contributed by atoms with Gasteiger partial charge < -0.3 is 19.7 Å². The zero-order valence-electron chi connectivity index (χ0n) is 19.6. The molecule has 0 fully saturated rings. The average Bonchev–Trinajstić information content (AvgIpc) is 2.75. The minimum atomic E-state index is -0.809. The fourth-order valence-corrected chi connectivity index (χ4v) is 3.17. The first-order valence-corrected chi connectivity index (χ1v) is 12.1. The Morgan fingerprint density at radius 2 is 1.50 bits per heavy atom. The summed E-state index contributed by atoms with van der Waals surface area (Å²) in [5.41, 5.74) is 0. The summed E-state index contributed by atoms with van der Waals surface area (Å²) in [4.78, 5) is 10.5. The monoisotopic (exact) mass is 429 g/mol. The number of nitrogens with zero attached hydrogens (tertiary/aromatic N) is 1. The molecule has 30 heavy (non-hydrogen) atoms. The molecule has 0 spiro atoms. The zero-order chi connectivity index (χ0) is 22.5. The van der Waals surface area contributed by atoms with E-state index in [1.807, 2.05) is 12.2 Å². The van der Waals surface area contributed by atoms with E-state index in [-0.39, 0.29) is 13.2 Å². The highest BCUT2D eigenvalue weighted by Gasteiger charge is 2.19. The third-order valence-corrected chi connectivity index (χ3v) is 5.41. The average molecular weight is 430 g/mol. The molecule has 178 valence electrons. The van der Waals surface area contributed by atoms with Crippen LogP contribution < -0.4 is 0 Å². The maximum Gasteiger partial charge on any atom is 0.180 e. The predicted molar refractivity (Wildman–Crippen MR) is 123 cm³/mol. The molecule has 0 radical (unpaired) electrons. The van der Waals surface area contributed by atoms with Crippen LogP contribution in [0.4, 0.5) is 0 Å². The molecule has 0 saturated heterocycles. The van der Waals surface area contributed by atoms with E-state index in [0.717, 1.165) is 12.8 Å². The van der Waals surface area contributed by atoms with Gasteiger partial charge in [0, 0.05) is 6.42 Å². The number of allylic oxidation sites excluding steroid dienone is 1. The Morgan fingerprint density at radius 1 is 0.933 bits per heavy atom. The van der Waals surface area contributed by atoms with Crippen LogP contribution in [0.5, 0.6) is 0 Å². The minimum absolute atomic E-state index is 0.269. The third kappa shape index (κ3) is 18.0. The van der Waals surface area contributed by atoms with Crippen molar-refractivity contribution in [1.82, 2.24) is 0 Å². The summed E-state index contributed by atoms with van der Waals surface area (Å²) < 4.78 is 10.9. The molecule has 0 saturated carbocycles. The van der Waals surface area contributed by atoms with E-state index < -0.39 is 24.5 Å². The number of ether oxygens (including phenoxy) is 2. The van der Waals surface area contributed by atoms with Gasteiger partial charge in [-0.3, -0.25) is 0 Å². The second-order valence-electron chi connectivity index (χ2n) is 8.28. The summed E-state index contributed by atoms with van der Waals surface area (Å²) in [6.45, 7) is 5.58. The molecule has 0 bridgehead atoms. The molecule has 0 aromatic rings. The molecule has 0 aliphatic heterocycles. The molecule has 2 N–H and O–H groups in total. The maximum absolute atomic E-state index is 10.5. The number of aliphatic hydroxyl groups is 2. The summed E-state index contributed by atoms with van der Waals surface area (Å²) in [5, 5.41) is 22.2. The summed E-state index contributed by atoms with van der Waals surface area (Å²) in [6, 6.07) is -0.508. The zero-order valence-corrected chi connectivity index (χ0v) is 19.6. The molecule has 6 heteroatoms. The molecule has 0 heterocycles.